The number of nitrogen functional groups attached to an aromatic ring is 1. The van der Waals surface area contributed by atoms with Crippen molar-refractivity contribution in [2.45, 2.75) is 6.54 Å². The molecule has 3 aromatic rings. The number of amides is 1. The van der Waals surface area contributed by atoms with E-state index in [1.54, 1.807) is 18.3 Å². The van der Waals surface area contributed by atoms with Gasteiger partial charge in [-0.1, -0.05) is 42.5 Å². The highest BCUT2D eigenvalue weighted by molar-refractivity contribution is 6.06. The maximum atomic E-state index is 12.3. The monoisotopic (exact) mass is 292 g/mol. The first-order valence-corrected chi connectivity index (χ1v) is 6.93. The molecule has 0 aliphatic heterocycles. The van der Waals surface area contributed by atoms with Crippen LogP contribution >= 0.6 is 0 Å². The predicted molar refractivity (Wildman–Crippen MR) is 86.9 cm³/mol. The minimum atomic E-state index is -0.118. The summed E-state index contributed by atoms with van der Waals surface area (Å²) in [5, 5.41) is 11.2. The standard InChI is InChI=1S/C17H16N4O/c18-16(19)12-7-5-11(6-8-12)9-21-17(22)14-10-20-15-4-2-1-3-13(14)15/h1-8,10,20H,9H2,(H3,18,19)(H,21,22). The van der Waals surface area contributed by atoms with Crippen molar-refractivity contribution in [2.24, 2.45) is 5.73 Å². The van der Waals surface area contributed by atoms with E-state index in [4.69, 9.17) is 11.1 Å². The zero-order chi connectivity index (χ0) is 15.5. The molecule has 0 unspecified atom stereocenters. The van der Waals surface area contributed by atoms with Crippen LogP contribution in [0.15, 0.2) is 54.7 Å². The second kappa shape index (κ2) is 5.73. The molecule has 0 aliphatic carbocycles. The van der Waals surface area contributed by atoms with E-state index in [-0.39, 0.29) is 11.7 Å². The lowest BCUT2D eigenvalue weighted by atomic mass is 10.1. The first-order chi connectivity index (χ1) is 10.6. The van der Waals surface area contributed by atoms with E-state index >= 15 is 0 Å². The third-order valence-electron chi connectivity index (χ3n) is 3.55. The van der Waals surface area contributed by atoms with Crippen molar-refractivity contribution in [1.82, 2.24) is 10.3 Å². The molecule has 0 atom stereocenters. The second-order valence-corrected chi connectivity index (χ2v) is 5.04. The molecule has 0 saturated heterocycles. The number of nitrogens with one attached hydrogen (secondary N) is 3. The molecule has 0 spiro atoms. The quantitative estimate of drug-likeness (QED) is 0.439. The number of hydrogen-bond acceptors (Lipinski definition) is 2. The zero-order valence-corrected chi connectivity index (χ0v) is 11.9. The Morgan fingerprint density at radius 1 is 1.14 bits per heavy atom. The van der Waals surface area contributed by atoms with Crippen LogP contribution in [0.3, 0.4) is 0 Å². The van der Waals surface area contributed by atoms with E-state index in [1.807, 2.05) is 36.4 Å². The number of fused-ring (bicyclic) bond motifs is 1. The third-order valence-corrected chi connectivity index (χ3v) is 3.55. The van der Waals surface area contributed by atoms with Gasteiger partial charge >= 0.3 is 0 Å². The molecule has 0 fully saturated rings. The van der Waals surface area contributed by atoms with Gasteiger partial charge in [0.2, 0.25) is 0 Å². The Balaban J connectivity index is 1.71. The lowest BCUT2D eigenvalue weighted by Crippen LogP contribution is -2.22. The number of rotatable bonds is 4. The number of benzene rings is 2. The number of nitrogens with two attached hydrogens (primary N) is 1. The highest BCUT2D eigenvalue weighted by Crippen LogP contribution is 2.17. The van der Waals surface area contributed by atoms with Crippen molar-refractivity contribution < 1.29 is 4.79 Å². The average molecular weight is 292 g/mol. The Bertz CT molecular complexity index is 833. The number of H-pyrrole nitrogens is 1. The molecule has 0 aliphatic rings. The largest absolute Gasteiger partial charge is 0.384 e. The van der Waals surface area contributed by atoms with Crippen molar-refractivity contribution in [3.63, 3.8) is 0 Å². The van der Waals surface area contributed by atoms with E-state index in [1.165, 1.54) is 0 Å². The van der Waals surface area contributed by atoms with Gasteiger partial charge < -0.3 is 16.0 Å². The van der Waals surface area contributed by atoms with Crippen LogP contribution in [0.5, 0.6) is 0 Å². The van der Waals surface area contributed by atoms with Gasteiger partial charge in [-0.3, -0.25) is 10.2 Å². The molecule has 0 bridgehead atoms. The van der Waals surface area contributed by atoms with Crippen LogP contribution in [0.1, 0.15) is 21.5 Å². The summed E-state index contributed by atoms with van der Waals surface area (Å²) < 4.78 is 0. The summed E-state index contributed by atoms with van der Waals surface area (Å²) in [7, 11) is 0. The highest BCUT2D eigenvalue weighted by atomic mass is 16.1. The molecular formula is C17H16N4O. The fourth-order valence-corrected chi connectivity index (χ4v) is 2.34. The molecule has 5 heteroatoms. The minimum Gasteiger partial charge on any atom is -0.384 e. The maximum Gasteiger partial charge on any atom is 0.253 e. The normalized spacial score (nSPS) is 10.5. The lowest BCUT2D eigenvalue weighted by molar-refractivity contribution is 0.0952. The van der Waals surface area contributed by atoms with Crippen molar-refractivity contribution >= 4 is 22.6 Å². The van der Waals surface area contributed by atoms with E-state index in [0.29, 0.717) is 17.7 Å². The number of carbonyl (C=O) groups excluding carboxylic acids is 1. The van der Waals surface area contributed by atoms with Gasteiger partial charge in [-0.15, -0.1) is 0 Å². The lowest BCUT2D eigenvalue weighted by Gasteiger charge is -2.06. The summed E-state index contributed by atoms with van der Waals surface area (Å²) in [4.78, 5) is 15.4. The van der Waals surface area contributed by atoms with Gasteiger partial charge in [0.1, 0.15) is 5.84 Å². The van der Waals surface area contributed by atoms with Gasteiger partial charge in [0.15, 0.2) is 0 Å². The summed E-state index contributed by atoms with van der Waals surface area (Å²) in [5.41, 5.74) is 8.62. The Hall–Kier alpha value is -3.08. The third kappa shape index (κ3) is 2.69. The number of carbonyl (C=O) groups is 1. The fraction of sp³-hybridized carbons (Fsp3) is 0.0588. The molecule has 1 aromatic heterocycles. The van der Waals surface area contributed by atoms with Crippen LogP contribution in [0.4, 0.5) is 0 Å². The smallest absolute Gasteiger partial charge is 0.253 e. The number of hydrogen-bond donors (Lipinski definition) is 4. The Labute approximate surface area is 127 Å². The predicted octanol–water partition coefficient (Wildman–Crippen LogP) is 2.38. The highest BCUT2D eigenvalue weighted by Gasteiger charge is 2.11. The van der Waals surface area contributed by atoms with Gasteiger partial charge in [-0.05, 0) is 11.6 Å². The summed E-state index contributed by atoms with van der Waals surface area (Å²) in [6.07, 6.45) is 1.72. The van der Waals surface area contributed by atoms with E-state index in [2.05, 4.69) is 10.3 Å². The van der Waals surface area contributed by atoms with Crippen LogP contribution < -0.4 is 11.1 Å². The van der Waals surface area contributed by atoms with Gasteiger partial charge in [0, 0.05) is 29.2 Å². The second-order valence-electron chi connectivity index (χ2n) is 5.04. The van der Waals surface area contributed by atoms with Gasteiger partial charge in [-0.25, -0.2) is 0 Å². The number of aromatic amines is 1. The summed E-state index contributed by atoms with van der Waals surface area (Å²) in [6, 6.07) is 14.9. The molecule has 22 heavy (non-hydrogen) atoms. The van der Waals surface area contributed by atoms with Crippen molar-refractivity contribution in [3.05, 3.63) is 71.4 Å². The Kier molecular flexibility index (Phi) is 3.62. The molecule has 5 N–H and O–H groups in total. The molecule has 5 nitrogen and oxygen atoms in total. The SMILES string of the molecule is N=C(N)c1ccc(CNC(=O)c2c[nH]c3ccccc23)cc1. The molecule has 0 saturated carbocycles. The molecule has 2 aromatic carbocycles. The zero-order valence-electron chi connectivity index (χ0n) is 11.9. The Morgan fingerprint density at radius 2 is 1.86 bits per heavy atom. The van der Waals surface area contributed by atoms with E-state index in [0.717, 1.165) is 16.5 Å². The van der Waals surface area contributed by atoms with Crippen molar-refractivity contribution in [3.8, 4) is 0 Å². The number of aromatic nitrogens is 1. The molecule has 1 heterocycles. The van der Waals surface area contributed by atoms with Crippen LogP contribution in [-0.2, 0) is 6.54 Å². The van der Waals surface area contributed by atoms with Crippen LogP contribution in [0.2, 0.25) is 0 Å². The van der Waals surface area contributed by atoms with Crippen molar-refractivity contribution in [1.29, 1.82) is 5.41 Å². The topological polar surface area (TPSA) is 94.8 Å². The number of amidine groups is 1. The average Bonchev–Trinajstić information content (AvgIpc) is 2.97. The minimum absolute atomic E-state index is 0.0365. The molecule has 1 amide bonds. The molecule has 0 radical (unpaired) electrons. The number of para-hydroxylation sites is 1. The summed E-state index contributed by atoms with van der Waals surface area (Å²) >= 11 is 0. The molecule has 110 valence electrons. The first-order valence-electron chi connectivity index (χ1n) is 6.93. The van der Waals surface area contributed by atoms with Crippen molar-refractivity contribution in [2.75, 3.05) is 0 Å². The summed E-state index contributed by atoms with van der Waals surface area (Å²) in [5.74, 6) is -0.0810. The first kappa shape index (κ1) is 13.9. The van der Waals surface area contributed by atoms with E-state index < -0.39 is 0 Å². The van der Waals surface area contributed by atoms with Gasteiger partial charge in [-0.2, -0.15) is 0 Å². The van der Waals surface area contributed by atoms with E-state index in [9.17, 15) is 4.79 Å². The Morgan fingerprint density at radius 3 is 2.59 bits per heavy atom. The fourth-order valence-electron chi connectivity index (χ4n) is 2.34. The van der Waals surface area contributed by atoms with Gasteiger partial charge in [0.05, 0.1) is 5.56 Å². The van der Waals surface area contributed by atoms with Crippen LogP contribution in [0.25, 0.3) is 10.9 Å². The summed E-state index contributed by atoms with van der Waals surface area (Å²) in [6.45, 7) is 0.427. The maximum absolute atomic E-state index is 12.3. The van der Waals surface area contributed by atoms with Crippen LogP contribution in [0, 0.1) is 5.41 Å². The van der Waals surface area contributed by atoms with Crippen LogP contribution in [-0.4, -0.2) is 16.7 Å². The van der Waals surface area contributed by atoms with Gasteiger partial charge in [0.25, 0.3) is 5.91 Å². The molecule has 3 rings (SSSR count). The molecular weight excluding hydrogens is 276 g/mol.